The number of carbonyl (C=O) groups is 1. The molecule has 1 aromatic heterocycles. The minimum atomic E-state index is -0.858. The molecule has 102 valence electrons. The normalized spacial score (nSPS) is 17.0. The number of rotatable bonds is 2. The Bertz CT molecular complexity index is 691. The SMILES string of the molecule is Cc1cc(C)c(C2CCc3cccnc32)cc1C(=O)O. The highest BCUT2D eigenvalue weighted by Gasteiger charge is 2.27. The number of pyridine rings is 1. The zero-order valence-corrected chi connectivity index (χ0v) is 11.7. The Labute approximate surface area is 118 Å². The molecule has 0 radical (unpaired) electrons. The van der Waals surface area contributed by atoms with Gasteiger partial charge in [0.05, 0.1) is 11.3 Å². The number of aryl methyl sites for hydroxylation is 3. The van der Waals surface area contributed by atoms with Crippen molar-refractivity contribution in [3.05, 3.63) is 64.0 Å². The van der Waals surface area contributed by atoms with Crippen LogP contribution in [0.25, 0.3) is 0 Å². The van der Waals surface area contributed by atoms with E-state index in [2.05, 4.69) is 18.0 Å². The van der Waals surface area contributed by atoms with E-state index in [1.807, 2.05) is 31.3 Å². The zero-order chi connectivity index (χ0) is 14.3. The van der Waals surface area contributed by atoms with Crippen molar-refractivity contribution in [1.29, 1.82) is 0 Å². The van der Waals surface area contributed by atoms with Gasteiger partial charge in [0, 0.05) is 12.1 Å². The number of benzene rings is 1. The number of hydrogen-bond acceptors (Lipinski definition) is 2. The van der Waals surface area contributed by atoms with E-state index >= 15 is 0 Å². The van der Waals surface area contributed by atoms with Crippen LogP contribution in [-0.2, 0) is 6.42 Å². The summed E-state index contributed by atoms with van der Waals surface area (Å²) in [6, 6.07) is 7.89. The fraction of sp³-hybridized carbons (Fsp3) is 0.294. The van der Waals surface area contributed by atoms with Gasteiger partial charge in [0.15, 0.2) is 0 Å². The van der Waals surface area contributed by atoms with Crippen molar-refractivity contribution in [3.8, 4) is 0 Å². The standard InChI is InChI=1S/C17H17NO2/c1-10-8-11(2)15(17(19)20)9-14(10)13-6-5-12-4-3-7-18-16(12)13/h3-4,7-9,13H,5-6H2,1-2H3,(H,19,20). The lowest BCUT2D eigenvalue weighted by Crippen LogP contribution is -2.07. The molecule has 0 aliphatic heterocycles. The Kier molecular flexibility index (Phi) is 3.05. The van der Waals surface area contributed by atoms with Crippen molar-refractivity contribution in [3.63, 3.8) is 0 Å². The van der Waals surface area contributed by atoms with Crippen molar-refractivity contribution < 1.29 is 9.90 Å². The van der Waals surface area contributed by atoms with Crippen molar-refractivity contribution in [2.75, 3.05) is 0 Å². The molecule has 1 aliphatic rings. The molecule has 0 bridgehead atoms. The van der Waals surface area contributed by atoms with E-state index in [4.69, 9.17) is 0 Å². The minimum absolute atomic E-state index is 0.227. The lowest BCUT2D eigenvalue weighted by atomic mass is 9.89. The third kappa shape index (κ3) is 1.99. The summed E-state index contributed by atoms with van der Waals surface area (Å²) in [7, 11) is 0. The first-order valence-corrected chi connectivity index (χ1v) is 6.86. The van der Waals surface area contributed by atoms with Crippen LogP contribution in [0.15, 0.2) is 30.5 Å². The maximum atomic E-state index is 11.3. The van der Waals surface area contributed by atoms with Gasteiger partial charge in [0.1, 0.15) is 0 Å². The third-order valence-corrected chi connectivity index (χ3v) is 4.18. The molecule has 0 amide bonds. The Morgan fingerprint density at radius 3 is 2.85 bits per heavy atom. The van der Waals surface area contributed by atoms with E-state index in [0.717, 1.165) is 35.2 Å². The third-order valence-electron chi connectivity index (χ3n) is 4.18. The number of fused-ring (bicyclic) bond motifs is 1. The molecular weight excluding hydrogens is 250 g/mol. The topological polar surface area (TPSA) is 50.2 Å². The highest BCUT2D eigenvalue weighted by molar-refractivity contribution is 5.89. The first kappa shape index (κ1) is 12.9. The van der Waals surface area contributed by atoms with Crippen LogP contribution < -0.4 is 0 Å². The predicted molar refractivity (Wildman–Crippen MR) is 77.3 cm³/mol. The van der Waals surface area contributed by atoms with E-state index in [0.29, 0.717) is 5.56 Å². The Balaban J connectivity index is 2.12. The van der Waals surface area contributed by atoms with E-state index in [9.17, 15) is 9.90 Å². The van der Waals surface area contributed by atoms with Gasteiger partial charge in [0.25, 0.3) is 0 Å². The van der Waals surface area contributed by atoms with Crippen LogP contribution >= 0.6 is 0 Å². The number of aromatic nitrogens is 1. The molecule has 0 saturated heterocycles. The van der Waals surface area contributed by atoms with Crippen molar-refractivity contribution >= 4 is 5.97 Å². The molecule has 3 rings (SSSR count). The summed E-state index contributed by atoms with van der Waals surface area (Å²) in [5.41, 5.74) is 5.86. The van der Waals surface area contributed by atoms with Gasteiger partial charge in [-0.1, -0.05) is 12.1 Å². The zero-order valence-electron chi connectivity index (χ0n) is 11.7. The summed E-state index contributed by atoms with van der Waals surface area (Å²) in [5.74, 6) is -0.632. The Morgan fingerprint density at radius 1 is 1.30 bits per heavy atom. The van der Waals surface area contributed by atoms with Crippen LogP contribution in [0.4, 0.5) is 0 Å². The predicted octanol–water partition coefficient (Wildman–Crippen LogP) is 3.47. The van der Waals surface area contributed by atoms with Crippen LogP contribution in [0, 0.1) is 13.8 Å². The largest absolute Gasteiger partial charge is 0.478 e. The van der Waals surface area contributed by atoms with Crippen LogP contribution in [0.1, 0.15) is 50.6 Å². The molecular formula is C17H17NO2. The number of aromatic carboxylic acids is 1. The van der Waals surface area contributed by atoms with E-state index in [1.54, 1.807) is 0 Å². The molecule has 3 nitrogen and oxygen atoms in total. The average Bonchev–Trinajstić information content (AvgIpc) is 2.82. The molecule has 3 heteroatoms. The molecule has 1 atom stereocenters. The Morgan fingerprint density at radius 2 is 2.10 bits per heavy atom. The molecule has 1 unspecified atom stereocenters. The summed E-state index contributed by atoms with van der Waals surface area (Å²) < 4.78 is 0. The molecule has 1 heterocycles. The monoisotopic (exact) mass is 267 g/mol. The minimum Gasteiger partial charge on any atom is -0.478 e. The van der Waals surface area contributed by atoms with Crippen molar-refractivity contribution in [2.45, 2.75) is 32.6 Å². The quantitative estimate of drug-likeness (QED) is 0.906. The summed E-state index contributed by atoms with van der Waals surface area (Å²) in [6.07, 6.45) is 3.84. The molecule has 1 aliphatic carbocycles. The molecule has 0 saturated carbocycles. The van der Waals surface area contributed by atoms with E-state index in [-0.39, 0.29) is 5.92 Å². The molecule has 0 spiro atoms. The number of hydrogen-bond donors (Lipinski definition) is 1. The fourth-order valence-electron chi connectivity index (χ4n) is 3.19. The molecule has 1 N–H and O–H groups in total. The van der Waals surface area contributed by atoms with Gasteiger partial charge in [0.2, 0.25) is 0 Å². The molecule has 20 heavy (non-hydrogen) atoms. The smallest absolute Gasteiger partial charge is 0.335 e. The van der Waals surface area contributed by atoms with Gasteiger partial charge in [-0.15, -0.1) is 0 Å². The first-order chi connectivity index (χ1) is 9.58. The summed E-state index contributed by atoms with van der Waals surface area (Å²) >= 11 is 0. The van der Waals surface area contributed by atoms with Crippen molar-refractivity contribution in [1.82, 2.24) is 4.98 Å². The second-order valence-corrected chi connectivity index (χ2v) is 5.47. The highest BCUT2D eigenvalue weighted by atomic mass is 16.4. The molecule has 0 fully saturated rings. The van der Waals surface area contributed by atoms with Gasteiger partial charge in [-0.25, -0.2) is 4.79 Å². The van der Waals surface area contributed by atoms with Gasteiger partial charge >= 0.3 is 5.97 Å². The average molecular weight is 267 g/mol. The van der Waals surface area contributed by atoms with Gasteiger partial charge in [-0.05, 0) is 61.1 Å². The maximum absolute atomic E-state index is 11.3. The highest BCUT2D eigenvalue weighted by Crippen LogP contribution is 2.38. The summed E-state index contributed by atoms with van der Waals surface area (Å²) in [6.45, 7) is 3.90. The van der Waals surface area contributed by atoms with E-state index < -0.39 is 5.97 Å². The lowest BCUT2D eigenvalue weighted by molar-refractivity contribution is 0.0696. The second kappa shape index (κ2) is 4.75. The number of nitrogens with zero attached hydrogens (tertiary/aromatic N) is 1. The maximum Gasteiger partial charge on any atom is 0.335 e. The number of carboxylic acid groups (broad SMARTS) is 1. The first-order valence-electron chi connectivity index (χ1n) is 6.86. The summed E-state index contributed by atoms with van der Waals surface area (Å²) in [5, 5.41) is 9.30. The van der Waals surface area contributed by atoms with Gasteiger partial charge in [-0.2, -0.15) is 0 Å². The second-order valence-electron chi connectivity index (χ2n) is 5.47. The van der Waals surface area contributed by atoms with Crippen LogP contribution in [0.3, 0.4) is 0 Å². The molecule has 1 aromatic carbocycles. The number of carboxylic acids is 1. The van der Waals surface area contributed by atoms with Crippen LogP contribution in [0.2, 0.25) is 0 Å². The van der Waals surface area contributed by atoms with Crippen LogP contribution in [0.5, 0.6) is 0 Å². The van der Waals surface area contributed by atoms with Crippen molar-refractivity contribution in [2.24, 2.45) is 0 Å². The van der Waals surface area contributed by atoms with E-state index in [1.165, 1.54) is 5.56 Å². The van der Waals surface area contributed by atoms with Gasteiger partial charge in [-0.3, -0.25) is 4.98 Å². The summed E-state index contributed by atoms with van der Waals surface area (Å²) in [4.78, 5) is 15.8. The fourth-order valence-corrected chi connectivity index (χ4v) is 3.19. The molecule has 2 aromatic rings. The lowest BCUT2D eigenvalue weighted by Gasteiger charge is -2.16. The van der Waals surface area contributed by atoms with Gasteiger partial charge < -0.3 is 5.11 Å². The van der Waals surface area contributed by atoms with Crippen LogP contribution in [-0.4, -0.2) is 16.1 Å². The Hall–Kier alpha value is -2.16.